The van der Waals surface area contributed by atoms with E-state index in [-0.39, 0.29) is 30.9 Å². The number of piperidine rings is 2. The molecule has 1 N–H and O–H groups in total. The Morgan fingerprint density at radius 2 is 1.70 bits per heavy atom. The van der Waals surface area contributed by atoms with Crippen LogP contribution in [0.25, 0.3) is 0 Å². The van der Waals surface area contributed by atoms with Crippen molar-refractivity contribution in [2.45, 2.75) is 76.3 Å². The van der Waals surface area contributed by atoms with Crippen molar-refractivity contribution >= 4 is 6.09 Å². The molecule has 2 aromatic rings. The summed E-state index contributed by atoms with van der Waals surface area (Å²) < 4.78 is 11.6. The van der Waals surface area contributed by atoms with Gasteiger partial charge in [0.15, 0.2) is 0 Å². The molecular formula is C25H31NO4. The number of ether oxygens (including phenoxy) is 2. The Morgan fingerprint density at radius 3 is 2.37 bits per heavy atom. The third-order valence-corrected chi connectivity index (χ3v) is 6.18. The number of benzene rings is 2. The minimum Gasteiger partial charge on any atom is -0.491 e. The minimum atomic E-state index is -1.00. The summed E-state index contributed by atoms with van der Waals surface area (Å²) in [4.78, 5) is 14.8. The molecule has 0 spiro atoms. The summed E-state index contributed by atoms with van der Waals surface area (Å²) in [5.41, 5.74) is 0.800. The normalized spacial score (nSPS) is 25.8. The second-order valence-electron chi connectivity index (χ2n) is 8.79. The van der Waals surface area contributed by atoms with Gasteiger partial charge in [-0.1, -0.05) is 48.5 Å². The highest BCUT2D eigenvalue weighted by Crippen LogP contribution is 2.47. The zero-order valence-corrected chi connectivity index (χ0v) is 17.8. The Bertz CT molecular complexity index is 852. The van der Waals surface area contributed by atoms with Crippen LogP contribution in [-0.4, -0.2) is 34.3 Å². The lowest BCUT2D eigenvalue weighted by Gasteiger charge is -2.51. The van der Waals surface area contributed by atoms with Crippen LogP contribution in [0.5, 0.6) is 5.75 Å². The van der Waals surface area contributed by atoms with E-state index in [1.54, 1.807) is 0 Å². The summed E-state index contributed by atoms with van der Waals surface area (Å²) in [5.74, 6) is 0.730. The molecule has 0 radical (unpaired) electrons. The molecule has 2 fully saturated rings. The van der Waals surface area contributed by atoms with Gasteiger partial charge in [0.1, 0.15) is 12.4 Å². The number of para-hydroxylation sites is 1. The molecule has 2 saturated heterocycles. The maximum absolute atomic E-state index is 12.9. The molecule has 2 aliphatic heterocycles. The lowest BCUT2D eigenvalue weighted by Crippen LogP contribution is -2.59. The molecule has 2 atom stereocenters. The first-order valence-corrected chi connectivity index (χ1v) is 10.9. The average Bonchev–Trinajstić information content (AvgIpc) is 2.72. The lowest BCUT2D eigenvalue weighted by molar-refractivity contribution is -0.0907. The molecule has 30 heavy (non-hydrogen) atoms. The molecule has 2 aromatic carbocycles. The summed E-state index contributed by atoms with van der Waals surface area (Å²) in [6.07, 6.45) is 3.59. The van der Waals surface area contributed by atoms with Gasteiger partial charge in [-0.25, -0.2) is 4.79 Å². The quantitative estimate of drug-likeness (QED) is 0.754. The predicted octanol–water partition coefficient (Wildman–Crippen LogP) is 5.02. The van der Waals surface area contributed by atoms with Crippen LogP contribution in [0.1, 0.15) is 57.1 Å². The van der Waals surface area contributed by atoms with Gasteiger partial charge >= 0.3 is 6.09 Å². The van der Waals surface area contributed by atoms with Crippen molar-refractivity contribution in [3.05, 3.63) is 65.7 Å². The van der Waals surface area contributed by atoms with Gasteiger partial charge < -0.3 is 19.5 Å². The largest absolute Gasteiger partial charge is 0.491 e. The standard InChI is InChI=1S/C25H31NO4/c1-18(2)30-23-14-7-6-13-22(23)25(28)15-20-11-8-12-21(16-25)26(20)24(27)29-17-19-9-4-3-5-10-19/h3-7,9-10,13-14,18,20-21,28H,8,11-12,15-17H2,1-2H3. The molecule has 2 bridgehead atoms. The highest BCUT2D eigenvalue weighted by Gasteiger charge is 2.49. The van der Waals surface area contributed by atoms with Crippen molar-refractivity contribution in [3.8, 4) is 5.75 Å². The molecule has 1 amide bonds. The Labute approximate surface area is 178 Å². The van der Waals surface area contributed by atoms with Crippen molar-refractivity contribution < 1.29 is 19.4 Å². The number of nitrogens with zero attached hydrogens (tertiary/aromatic N) is 1. The second-order valence-corrected chi connectivity index (χ2v) is 8.79. The van der Waals surface area contributed by atoms with E-state index < -0.39 is 5.60 Å². The predicted molar refractivity (Wildman–Crippen MR) is 115 cm³/mol. The van der Waals surface area contributed by atoms with Gasteiger partial charge in [-0.15, -0.1) is 0 Å². The van der Waals surface area contributed by atoms with Gasteiger partial charge in [-0.2, -0.15) is 0 Å². The third-order valence-electron chi connectivity index (χ3n) is 6.18. The van der Waals surface area contributed by atoms with Gasteiger partial charge in [0.25, 0.3) is 0 Å². The topological polar surface area (TPSA) is 59.0 Å². The molecule has 2 aliphatic rings. The highest BCUT2D eigenvalue weighted by molar-refractivity contribution is 5.69. The van der Waals surface area contributed by atoms with E-state index in [4.69, 9.17) is 9.47 Å². The maximum Gasteiger partial charge on any atom is 0.410 e. The van der Waals surface area contributed by atoms with Crippen LogP contribution in [0.4, 0.5) is 4.79 Å². The van der Waals surface area contributed by atoms with E-state index in [0.29, 0.717) is 12.8 Å². The van der Waals surface area contributed by atoms with Gasteiger partial charge in [0.2, 0.25) is 0 Å². The molecule has 5 heteroatoms. The zero-order valence-electron chi connectivity index (χ0n) is 17.8. The summed E-state index contributed by atoms with van der Waals surface area (Å²) in [5, 5.41) is 11.7. The van der Waals surface area contributed by atoms with E-state index >= 15 is 0 Å². The summed E-state index contributed by atoms with van der Waals surface area (Å²) in [6, 6.07) is 17.4. The monoisotopic (exact) mass is 409 g/mol. The number of aliphatic hydroxyl groups is 1. The van der Waals surface area contributed by atoms with Crippen LogP contribution in [0.15, 0.2) is 54.6 Å². The fourth-order valence-electron chi connectivity index (χ4n) is 4.95. The first kappa shape index (κ1) is 20.7. The summed E-state index contributed by atoms with van der Waals surface area (Å²) in [6.45, 7) is 4.24. The number of hydrogen-bond donors (Lipinski definition) is 1. The first-order chi connectivity index (χ1) is 14.5. The number of hydrogen-bond acceptors (Lipinski definition) is 4. The van der Waals surface area contributed by atoms with Crippen LogP contribution in [0.2, 0.25) is 0 Å². The highest BCUT2D eigenvalue weighted by atomic mass is 16.6. The molecule has 0 aliphatic carbocycles. The van der Waals surface area contributed by atoms with Crippen molar-refractivity contribution in [2.24, 2.45) is 0 Å². The van der Waals surface area contributed by atoms with E-state index in [0.717, 1.165) is 36.1 Å². The summed E-state index contributed by atoms with van der Waals surface area (Å²) in [7, 11) is 0. The Kier molecular flexibility index (Phi) is 6.00. The molecule has 2 unspecified atom stereocenters. The Hall–Kier alpha value is -2.53. The number of rotatable bonds is 5. The number of fused-ring (bicyclic) bond motifs is 2. The Balaban J connectivity index is 1.51. The molecular weight excluding hydrogens is 378 g/mol. The molecule has 5 nitrogen and oxygen atoms in total. The smallest absolute Gasteiger partial charge is 0.410 e. The van der Waals surface area contributed by atoms with Gasteiger partial charge in [0, 0.05) is 30.5 Å². The minimum absolute atomic E-state index is 0.0297. The van der Waals surface area contributed by atoms with Crippen LogP contribution >= 0.6 is 0 Å². The van der Waals surface area contributed by atoms with Crippen molar-refractivity contribution in [2.75, 3.05) is 0 Å². The van der Waals surface area contributed by atoms with E-state index in [9.17, 15) is 9.90 Å². The van der Waals surface area contributed by atoms with E-state index in [1.165, 1.54) is 0 Å². The maximum atomic E-state index is 12.9. The van der Waals surface area contributed by atoms with Crippen LogP contribution in [-0.2, 0) is 16.9 Å². The van der Waals surface area contributed by atoms with E-state index in [1.807, 2.05) is 73.3 Å². The van der Waals surface area contributed by atoms with Gasteiger partial charge in [-0.3, -0.25) is 0 Å². The summed E-state index contributed by atoms with van der Waals surface area (Å²) >= 11 is 0. The zero-order chi connectivity index (χ0) is 21.1. The number of carbonyl (C=O) groups excluding carboxylic acids is 1. The Morgan fingerprint density at radius 1 is 1.07 bits per heavy atom. The van der Waals surface area contributed by atoms with Crippen LogP contribution in [0, 0.1) is 0 Å². The fourth-order valence-corrected chi connectivity index (χ4v) is 4.95. The lowest BCUT2D eigenvalue weighted by atomic mass is 9.72. The average molecular weight is 410 g/mol. The molecule has 2 heterocycles. The second kappa shape index (κ2) is 8.68. The van der Waals surface area contributed by atoms with Crippen LogP contribution < -0.4 is 4.74 Å². The van der Waals surface area contributed by atoms with Crippen molar-refractivity contribution in [1.82, 2.24) is 4.90 Å². The van der Waals surface area contributed by atoms with Crippen LogP contribution in [0.3, 0.4) is 0 Å². The molecule has 160 valence electrons. The van der Waals surface area contributed by atoms with E-state index in [2.05, 4.69) is 0 Å². The molecule has 4 rings (SSSR count). The SMILES string of the molecule is CC(C)Oc1ccccc1C1(O)CC2CCCC(C1)N2C(=O)OCc1ccccc1. The van der Waals surface area contributed by atoms with Gasteiger partial charge in [-0.05, 0) is 44.7 Å². The number of amides is 1. The van der Waals surface area contributed by atoms with Crippen molar-refractivity contribution in [3.63, 3.8) is 0 Å². The van der Waals surface area contributed by atoms with Gasteiger partial charge in [0.05, 0.1) is 11.7 Å². The third kappa shape index (κ3) is 4.31. The fraction of sp³-hybridized carbons (Fsp3) is 0.480. The number of carbonyl (C=O) groups is 1. The van der Waals surface area contributed by atoms with Crippen molar-refractivity contribution in [1.29, 1.82) is 0 Å². The molecule has 0 saturated carbocycles. The first-order valence-electron chi connectivity index (χ1n) is 10.9. The molecule has 0 aromatic heterocycles.